The third kappa shape index (κ3) is 3.48. The second-order valence-corrected chi connectivity index (χ2v) is 8.66. The van der Waals surface area contributed by atoms with Gasteiger partial charge in [0.1, 0.15) is 11.5 Å². The predicted octanol–water partition coefficient (Wildman–Crippen LogP) is 3.61. The third-order valence-electron chi connectivity index (χ3n) is 2.95. The van der Waals surface area contributed by atoms with Gasteiger partial charge in [0.2, 0.25) is 0 Å². The first-order chi connectivity index (χ1) is 9.71. The standard InChI is InChI=1S/C13H17ClN2O3S2/c1-8(2)16(7-11-6-5-9(3)19-11)21(17,18)12-10(4)15-13(14)20-12/h5-6,8H,7H2,1-4H3. The zero-order valence-corrected chi connectivity index (χ0v) is 14.6. The molecule has 8 heteroatoms. The molecule has 0 aliphatic rings. The van der Waals surface area contributed by atoms with Gasteiger partial charge in [-0.25, -0.2) is 13.4 Å². The van der Waals surface area contributed by atoms with Gasteiger partial charge in [0, 0.05) is 6.04 Å². The molecule has 0 fully saturated rings. The molecule has 2 aromatic rings. The number of thiazole rings is 1. The molecule has 5 nitrogen and oxygen atoms in total. The van der Waals surface area contributed by atoms with Gasteiger partial charge in [-0.2, -0.15) is 4.31 Å². The van der Waals surface area contributed by atoms with Crippen LogP contribution in [0, 0.1) is 13.8 Å². The number of aromatic nitrogens is 1. The summed E-state index contributed by atoms with van der Waals surface area (Å²) < 4.78 is 32.9. The van der Waals surface area contributed by atoms with Crippen LogP contribution in [0.4, 0.5) is 0 Å². The summed E-state index contributed by atoms with van der Waals surface area (Å²) in [4.78, 5) is 3.98. The van der Waals surface area contributed by atoms with Gasteiger partial charge in [-0.1, -0.05) is 22.9 Å². The number of rotatable bonds is 5. The number of hydrogen-bond donors (Lipinski definition) is 0. The van der Waals surface area contributed by atoms with Crippen LogP contribution in [-0.2, 0) is 16.6 Å². The Hall–Kier alpha value is -0.890. The quantitative estimate of drug-likeness (QED) is 0.828. The molecule has 2 aromatic heterocycles. The maximum Gasteiger partial charge on any atom is 0.255 e. The lowest BCUT2D eigenvalue weighted by molar-refractivity contribution is 0.315. The topological polar surface area (TPSA) is 63.4 Å². The smallest absolute Gasteiger partial charge is 0.255 e. The van der Waals surface area contributed by atoms with E-state index in [-0.39, 0.29) is 21.3 Å². The molecule has 2 rings (SSSR count). The number of aryl methyl sites for hydroxylation is 2. The Labute approximate surface area is 133 Å². The van der Waals surface area contributed by atoms with Gasteiger partial charge >= 0.3 is 0 Å². The number of furan rings is 1. The second-order valence-electron chi connectivity index (χ2n) is 5.00. The van der Waals surface area contributed by atoms with Gasteiger partial charge < -0.3 is 4.42 Å². The van der Waals surface area contributed by atoms with E-state index < -0.39 is 10.0 Å². The summed E-state index contributed by atoms with van der Waals surface area (Å²) >= 11 is 6.80. The molecule has 0 aromatic carbocycles. The fourth-order valence-electron chi connectivity index (χ4n) is 1.97. The van der Waals surface area contributed by atoms with Crippen molar-refractivity contribution >= 4 is 33.0 Å². The molecule has 0 aliphatic carbocycles. The zero-order valence-electron chi connectivity index (χ0n) is 12.3. The van der Waals surface area contributed by atoms with E-state index >= 15 is 0 Å². The zero-order chi connectivity index (χ0) is 15.8. The lowest BCUT2D eigenvalue weighted by Crippen LogP contribution is -2.36. The van der Waals surface area contributed by atoms with Crippen LogP contribution in [0.2, 0.25) is 4.47 Å². The minimum Gasteiger partial charge on any atom is -0.465 e. The van der Waals surface area contributed by atoms with E-state index in [1.165, 1.54) is 4.31 Å². The van der Waals surface area contributed by atoms with Crippen LogP contribution in [0.5, 0.6) is 0 Å². The highest BCUT2D eigenvalue weighted by atomic mass is 35.5. The Bertz CT molecular complexity index is 734. The minimum atomic E-state index is -3.65. The van der Waals surface area contributed by atoms with Crippen molar-refractivity contribution in [2.75, 3.05) is 0 Å². The first-order valence-corrected chi connectivity index (χ1v) is 9.05. The van der Waals surface area contributed by atoms with Crippen LogP contribution in [0.3, 0.4) is 0 Å². The van der Waals surface area contributed by atoms with Crippen LogP contribution >= 0.6 is 22.9 Å². The molecule has 116 valence electrons. The van der Waals surface area contributed by atoms with Crippen LogP contribution in [0.25, 0.3) is 0 Å². The van der Waals surface area contributed by atoms with Crippen LogP contribution in [-0.4, -0.2) is 23.7 Å². The molecule has 21 heavy (non-hydrogen) atoms. The van der Waals surface area contributed by atoms with Crippen LogP contribution < -0.4 is 0 Å². The molecule has 0 saturated carbocycles. The molecule has 0 saturated heterocycles. The Kier molecular flexibility index (Phi) is 4.77. The molecule has 0 amide bonds. The molecule has 0 N–H and O–H groups in total. The first-order valence-electron chi connectivity index (χ1n) is 6.42. The summed E-state index contributed by atoms with van der Waals surface area (Å²) in [7, 11) is -3.65. The second kappa shape index (κ2) is 6.08. The summed E-state index contributed by atoms with van der Waals surface area (Å²) in [5.41, 5.74) is 0.422. The van der Waals surface area contributed by atoms with Gasteiger partial charge in [0.25, 0.3) is 10.0 Å². The fourth-order valence-corrected chi connectivity index (χ4v) is 5.42. The van der Waals surface area contributed by atoms with Gasteiger partial charge in [-0.3, -0.25) is 0 Å². The Balaban J connectivity index is 2.39. The van der Waals surface area contributed by atoms with Crippen molar-refractivity contribution < 1.29 is 12.8 Å². The predicted molar refractivity (Wildman–Crippen MR) is 83.2 cm³/mol. The van der Waals surface area contributed by atoms with Crippen molar-refractivity contribution in [3.63, 3.8) is 0 Å². The van der Waals surface area contributed by atoms with E-state index in [4.69, 9.17) is 16.0 Å². The van der Waals surface area contributed by atoms with E-state index in [0.29, 0.717) is 11.5 Å². The van der Waals surface area contributed by atoms with Crippen molar-refractivity contribution in [2.45, 2.75) is 44.5 Å². The Morgan fingerprint density at radius 1 is 1.38 bits per heavy atom. The number of hydrogen-bond acceptors (Lipinski definition) is 5. The van der Waals surface area contributed by atoms with Crippen LogP contribution in [0.15, 0.2) is 20.8 Å². The van der Waals surface area contributed by atoms with Crippen molar-refractivity contribution in [1.29, 1.82) is 0 Å². The van der Waals surface area contributed by atoms with Crippen molar-refractivity contribution in [3.8, 4) is 0 Å². The minimum absolute atomic E-state index is 0.183. The molecular formula is C13H17ClN2O3S2. The molecular weight excluding hydrogens is 332 g/mol. The first kappa shape index (κ1) is 16.5. The lowest BCUT2D eigenvalue weighted by atomic mass is 10.3. The van der Waals surface area contributed by atoms with Gasteiger partial charge in [0.05, 0.1) is 12.2 Å². The maximum atomic E-state index is 12.8. The van der Waals surface area contributed by atoms with Gasteiger partial charge in [-0.15, -0.1) is 0 Å². The van der Waals surface area contributed by atoms with E-state index in [1.54, 1.807) is 13.0 Å². The highest BCUT2D eigenvalue weighted by molar-refractivity contribution is 7.91. The lowest BCUT2D eigenvalue weighted by Gasteiger charge is -2.24. The average Bonchev–Trinajstić information content (AvgIpc) is 2.92. The summed E-state index contributed by atoms with van der Waals surface area (Å²) in [6.07, 6.45) is 0. The monoisotopic (exact) mass is 348 g/mol. The number of halogens is 1. The number of sulfonamides is 1. The largest absolute Gasteiger partial charge is 0.465 e. The molecule has 0 spiro atoms. The molecule has 0 aliphatic heterocycles. The fraction of sp³-hybridized carbons (Fsp3) is 0.462. The van der Waals surface area contributed by atoms with E-state index in [1.807, 2.05) is 26.8 Å². The summed E-state index contributed by atoms with van der Waals surface area (Å²) in [6.45, 7) is 7.30. The van der Waals surface area contributed by atoms with Crippen LogP contribution in [0.1, 0.15) is 31.1 Å². The van der Waals surface area contributed by atoms with Crippen molar-refractivity contribution in [3.05, 3.63) is 33.8 Å². The molecule has 0 radical (unpaired) electrons. The highest BCUT2D eigenvalue weighted by Crippen LogP contribution is 2.31. The molecule has 0 atom stereocenters. The van der Waals surface area contributed by atoms with E-state index in [9.17, 15) is 8.42 Å². The maximum absolute atomic E-state index is 12.8. The SMILES string of the molecule is Cc1ccc(CN(C(C)C)S(=O)(=O)c2sc(Cl)nc2C)o1. The van der Waals surface area contributed by atoms with Gasteiger partial charge in [-0.05, 0) is 39.8 Å². The summed E-state index contributed by atoms with van der Waals surface area (Å²) in [5.74, 6) is 1.36. The highest BCUT2D eigenvalue weighted by Gasteiger charge is 2.31. The van der Waals surface area contributed by atoms with Crippen molar-refractivity contribution in [1.82, 2.24) is 9.29 Å². The average molecular weight is 349 g/mol. The van der Waals surface area contributed by atoms with Gasteiger partial charge in [0.15, 0.2) is 8.68 Å². The Morgan fingerprint density at radius 3 is 2.48 bits per heavy atom. The number of nitrogens with zero attached hydrogens (tertiary/aromatic N) is 2. The van der Waals surface area contributed by atoms with E-state index in [2.05, 4.69) is 4.98 Å². The van der Waals surface area contributed by atoms with E-state index in [0.717, 1.165) is 17.1 Å². The summed E-state index contributed by atoms with van der Waals surface area (Å²) in [5, 5.41) is 0. The van der Waals surface area contributed by atoms with Crippen molar-refractivity contribution in [2.24, 2.45) is 0 Å². The molecule has 2 heterocycles. The molecule has 0 bridgehead atoms. The Morgan fingerprint density at radius 2 is 2.05 bits per heavy atom. The molecule has 0 unspecified atom stereocenters. The third-order valence-corrected chi connectivity index (χ3v) is 6.83. The summed E-state index contributed by atoms with van der Waals surface area (Å²) in [6, 6.07) is 3.39. The normalized spacial score (nSPS) is 12.5.